The Morgan fingerprint density at radius 1 is 1.44 bits per heavy atom. The number of methoxy groups -OCH3 is 1. The molecule has 0 aromatic heterocycles. The number of ether oxygens (including phenoxy) is 2. The summed E-state index contributed by atoms with van der Waals surface area (Å²) in [6.45, 7) is 4.93. The van der Waals surface area contributed by atoms with Crippen LogP contribution in [0.25, 0.3) is 0 Å². The van der Waals surface area contributed by atoms with Crippen molar-refractivity contribution in [1.82, 2.24) is 0 Å². The van der Waals surface area contributed by atoms with Crippen LogP contribution in [-0.2, 0) is 19.7 Å². The molecule has 1 saturated heterocycles. The fourth-order valence-corrected chi connectivity index (χ4v) is 2.83. The fourth-order valence-electron chi connectivity index (χ4n) is 2.43. The first kappa shape index (κ1) is 13.6. The van der Waals surface area contributed by atoms with Crippen molar-refractivity contribution in [1.29, 1.82) is 0 Å². The Morgan fingerprint density at radius 3 is 2.56 bits per heavy atom. The van der Waals surface area contributed by atoms with Gasteiger partial charge in [-0.1, -0.05) is 28.1 Å². The normalized spacial score (nSPS) is 18.0. The number of carbonyl (C=O) groups is 1. The molecule has 2 rings (SSSR count). The van der Waals surface area contributed by atoms with E-state index in [4.69, 9.17) is 9.47 Å². The highest BCUT2D eigenvalue weighted by Gasteiger charge is 2.56. The smallest absolute Gasteiger partial charge is 0.312 e. The van der Waals surface area contributed by atoms with Crippen LogP contribution in [0.2, 0.25) is 0 Å². The molecule has 0 spiro atoms. The average molecular weight is 313 g/mol. The molecule has 98 valence electrons. The Morgan fingerprint density at radius 2 is 2.11 bits per heavy atom. The minimum absolute atomic E-state index is 0.203. The van der Waals surface area contributed by atoms with Crippen LogP contribution >= 0.6 is 15.9 Å². The zero-order chi connectivity index (χ0) is 13.4. The fraction of sp³-hybridized carbons (Fsp3) is 0.500. The van der Waals surface area contributed by atoms with E-state index in [1.54, 1.807) is 0 Å². The van der Waals surface area contributed by atoms with Crippen molar-refractivity contribution in [2.24, 2.45) is 5.41 Å². The Labute approximate surface area is 116 Å². The largest absolute Gasteiger partial charge is 0.469 e. The molecular weight excluding hydrogens is 296 g/mol. The molecule has 0 aliphatic carbocycles. The third-order valence-electron chi connectivity index (χ3n) is 3.97. The molecule has 1 aliphatic heterocycles. The molecule has 0 radical (unpaired) electrons. The van der Waals surface area contributed by atoms with Crippen molar-refractivity contribution in [3.63, 3.8) is 0 Å². The third-order valence-corrected chi connectivity index (χ3v) is 4.46. The first-order valence-electron chi connectivity index (χ1n) is 5.86. The van der Waals surface area contributed by atoms with Gasteiger partial charge < -0.3 is 9.47 Å². The molecule has 0 atom stereocenters. The molecular formula is C14H17BrO3. The topological polar surface area (TPSA) is 35.5 Å². The predicted molar refractivity (Wildman–Crippen MR) is 72.4 cm³/mol. The van der Waals surface area contributed by atoms with E-state index in [1.807, 2.05) is 38.1 Å². The highest BCUT2D eigenvalue weighted by molar-refractivity contribution is 9.10. The monoisotopic (exact) mass is 312 g/mol. The number of benzene rings is 1. The Bertz CT molecular complexity index is 464. The van der Waals surface area contributed by atoms with E-state index >= 15 is 0 Å². The molecule has 1 aromatic carbocycles. The van der Waals surface area contributed by atoms with Gasteiger partial charge in [-0.15, -0.1) is 0 Å². The molecule has 0 amide bonds. The summed E-state index contributed by atoms with van der Waals surface area (Å²) in [5.41, 5.74) is 0.198. The van der Waals surface area contributed by atoms with Gasteiger partial charge in [0, 0.05) is 4.47 Å². The van der Waals surface area contributed by atoms with Crippen LogP contribution < -0.4 is 0 Å². The standard InChI is InChI=1S/C14H17BrO3/c1-13(2,12(16)17-3)14(8-18-9-14)10-5-4-6-11(15)7-10/h4-7H,8-9H2,1-3H3. The van der Waals surface area contributed by atoms with Gasteiger partial charge in [-0.05, 0) is 31.5 Å². The number of halogens is 1. The summed E-state index contributed by atoms with van der Waals surface area (Å²) in [4.78, 5) is 12.0. The van der Waals surface area contributed by atoms with Crippen LogP contribution in [-0.4, -0.2) is 26.3 Å². The third kappa shape index (κ3) is 1.88. The second kappa shape index (κ2) is 4.67. The van der Waals surface area contributed by atoms with E-state index in [2.05, 4.69) is 15.9 Å². The second-order valence-corrected chi connectivity index (χ2v) is 6.12. The number of carbonyl (C=O) groups excluding carboxylic acids is 1. The van der Waals surface area contributed by atoms with Gasteiger partial charge in [-0.25, -0.2) is 0 Å². The van der Waals surface area contributed by atoms with Crippen LogP contribution in [0, 0.1) is 5.41 Å². The van der Waals surface area contributed by atoms with Crippen molar-refractivity contribution in [2.75, 3.05) is 20.3 Å². The van der Waals surface area contributed by atoms with Crippen molar-refractivity contribution < 1.29 is 14.3 Å². The Balaban J connectivity index is 2.46. The lowest BCUT2D eigenvalue weighted by Crippen LogP contribution is -2.60. The van der Waals surface area contributed by atoms with Gasteiger partial charge >= 0.3 is 5.97 Å². The molecule has 18 heavy (non-hydrogen) atoms. The highest BCUT2D eigenvalue weighted by Crippen LogP contribution is 2.48. The number of hydrogen-bond donors (Lipinski definition) is 0. The lowest BCUT2D eigenvalue weighted by Gasteiger charge is -2.51. The van der Waals surface area contributed by atoms with Crippen LogP contribution in [0.5, 0.6) is 0 Å². The summed E-state index contributed by atoms with van der Waals surface area (Å²) >= 11 is 3.47. The number of hydrogen-bond acceptors (Lipinski definition) is 3. The first-order chi connectivity index (χ1) is 8.44. The SMILES string of the molecule is COC(=O)C(C)(C)C1(c2cccc(Br)c2)COC1. The van der Waals surface area contributed by atoms with Crippen LogP contribution in [0.4, 0.5) is 0 Å². The molecule has 3 nitrogen and oxygen atoms in total. The van der Waals surface area contributed by atoms with Crippen molar-refractivity contribution in [3.05, 3.63) is 34.3 Å². The molecule has 0 unspecified atom stereocenters. The lowest BCUT2D eigenvalue weighted by atomic mass is 9.60. The maximum atomic E-state index is 12.0. The summed E-state index contributed by atoms with van der Waals surface area (Å²) in [7, 11) is 1.43. The van der Waals surface area contributed by atoms with Gasteiger partial charge in [0.05, 0.1) is 31.2 Å². The maximum Gasteiger partial charge on any atom is 0.312 e. The number of esters is 1. The van der Waals surface area contributed by atoms with Gasteiger partial charge in [-0.3, -0.25) is 4.79 Å². The zero-order valence-electron chi connectivity index (χ0n) is 10.8. The van der Waals surface area contributed by atoms with Gasteiger partial charge in [0.25, 0.3) is 0 Å². The van der Waals surface area contributed by atoms with E-state index in [0.29, 0.717) is 13.2 Å². The van der Waals surface area contributed by atoms with Gasteiger partial charge in [0.1, 0.15) is 0 Å². The zero-order valence-corrected chi connectivity index (χ0v) is 12.4. The van der Waals surface area contributed by atoms with Crippen molar-refractivity contribution in [2.45, 2.75) is 19.3 Å². The molecule has 4 heteroatoms. The summed E-state index contributed by atoms with van der Waals surface area (Å²) in [5.74, 6) is -0.203. The molecule has 1 heterocycles. The molecule has 0 N–H and O–H groups in total. The maximum absolute atomic E-state index is 12.0. The molecule has 0 saturated carbocycles. The van der Waals surface area contributed by atoms with Crippen molar-refractivity contribution >= 4 is 21.9 Å². The molecule has 0 bridgehead atoms. The minimum atomic E-state index is -0.610. The van der Waals surface area contributed by atoms with E-state index in [9.17, 15) is 4.79 Å². The Kier molecular flexibility index (Phi) is 3.52. The summed E-state index contributed by atoms with van der Waals surface area (Å²) in [6, 6.07) is 8.04. The highest BCUT2D eigenvalue weighted by atomic mass is 79.9. The van der Waals surface area contributed by atoms with E-state index in [-0.39, 0.29) is 11.4 Å². The molecule has 1 aromatic rings. The van der Waals surface area contributed by atoms with Crippen molar-refractivity contribution in [3.8, 4) is 0 Å². The van der Waals surface area contributed by atoms with Gasteiger partial charge in [-0.2, -0.15) is 0 Å². The van der Waals surface area contributed by atoms with Gasteiger partial charge in [0.2, 0.25) is 0 Å². The predicted octanol–water partition coefficient (Wildman–Crippen LogP) is 2.92. The quantitative estimate of drug-likeness (QED) is 0.805. The lowest BCUT2D eigenvalue weighted by molar-refractivity contribution is -0.174. The second-order valence-electron chi connectivity index (χ2n) is 5.20. The van der Waals surface area contributed by atoms with Crippen LogP contribution in [0.15, 0.2) is 28.7 Å². The van der Waals surface area contributed by atoms with Crippen LogP contribution in [0.3, 0.4) is 0 Å². The van der Waals surface area contributed by atoms with E-state index in [0.717, 1.165) is 10.0 Å². The minimum Gasteiger partial charge on any atom is -0.469 e. The van der Waals surface area contributed by atoms with E-state index < -0.39 is 5.41 Å². The van der Waals surface area contributed by atoms with E-state index in [1.165, 1.54) is 7.11 Å². The first-order valence-corrected chi connectivity index (χ1v) is 6.65. The average Bonchev–Trinajstić information content (AvgIpc) is 2.26. The summed E-state index contributed by atoms with van der Waals surface area (Å²) in [5, 5.41) is 0. The van der Waals surface area contributed by atoms with Gasteiger partial charge in [0.15, 0.2) is 0 Å². The molecule has 1 aliphatic rings. The number of rotatable bonds is 3. The summed E-state index contributed by atoms with van der Waals surface area (Å²) < 4.78 is 11.3. The van der Waals surface area contributed by atoms with Crippen LogP contribution in [0.1, 0.15) is 19.4 Å². The Hall–Kier alpha value is -0.870. The molecule has 1 fully saturated rings. The summed E-state index contributed by atoms with van der Waals surface area (Å²) in [6.07, 6.45) is 0.